The molecule has 0 radical (unpaired) electrons. The van der Waals surface area contributed by atoms with Crippen LogP contribution in [0.1, 0.15) is 30.9 Å². The van der Waals surface area contributed by atoms with Crippen molar-refractivity contribution < 1.29 is 9.59 Å². The number of rotatable bonds is 7. The molecule has 4 rings (SSSR count). The summed E-state index contributed by atoms with van der Waals surface area (Å²) in [4.78, 5) is 25.6. The van der Waals surface area contributed by atoms with Crippen LogP contribution in [-0.4, -0.2) is 40.0 Å². The van der Waals surface area contributed by atoms with Gasteiger partial charge in [-0.1, -0.05) is 61.9 Å². The van der Waals surface area contributed by atoms with Crippen LogP contribution in [0.15, 0.2) is 66.4 Å². The van der Waals surface area contributed by atoms with Gasteiger partial charge in [0.1, 0.15) is 5.57 Å². The first-order valence-corrected chi connectivity index (χ1v) is 10.5. The topological polar surface area (TPSA) is 45.6 Å². The highest BCUT2D eigenvalue weighted by Crippen LogP contribution is 2.27. The molecule has 1 fully saturated rings. The van der Waals surface area contributed by atoms with Gasteiger partial charge in [-0.05, 0) is 30.5 Å². The molecule has 30 heavy (non-hydrogen) atoms. The minimum Gasteiger partial charge on any atom is -0.347 e. The van der Waals surface area contributed by atoms with Gasteiger partial charge in [-0.3, -0.25) is 14.6 Å². The third-order valence-corrected chi connectivity index (χ3v) is 5.68. The number of hydrogen-bond acceptors (Lipinski definition) is 2. The van der Waals surface area contributed by atoms with Crippen LogP contribution < -0.4 is 0 Å². The van der Waals surface area contributed by atoms with E-state index in [2.05, 4.69) is 48.0 Å². The average molecular weight is 402 g/mol. The van der Waals surface area contributed by atoms with Crippen LogP contribution in [0.5, 0.6) is 0 Å². The van der Waals surface area contributed by atoms with Gasteiger partial charge in [0.15, 0.2) is 0 Å². The monoisotopic (exact) mass is 401 g/mol. The molecule has 154 valence electrons. The van der Waals surface area contributed by atoms with Crippen LogP contribution in [0.4, 0.5) is 0 Å². The zero-order chi connectivity index (χ0) is 21.1. The minimum atomic E-state index is -0.239. The van der Waals surface area contributed by atoms with Crippen LogP contribution in [0, 0.1) is 0 Å². The van der Waals surface area contributed by atoms with Crippen molar-refractivity contribution in [2.45, 2.75) is 32.7 Å². The van der Waals surface area contributed by atoms with Crippen molar-refractivity contribution in [2.24, 2.45) is 0 Å². The number of unbranched alkanes of at least 4 members (excludes halogenated alkanes) is 1. The number of hydrazine groups is 1. The van der Waals surface area contributed by atoms with E-state index in [1.54, 1.807) is 18.1 Å². The minimum absolute atomic E-state index is 0.211. The molecule has 2 heterocycles. The van der Waals surface area contributed by atoms with Gasteiger partial charge in [0, 0.05) is 42.8 Å². The second-order valence-electron chi connectivity index (χ2n) is 7.70. The Morgan fingerprint density at radius 1 is 0.900 bits per heavy atom. The fourth-order valence-corrected chi connectivity index (χ4v) is 3.96. The van der Waals surface area contributed by atoms with E-state index < -0.39 is 0 Å². The molecule has 1 aliphatic rings. The highest BCUT2D eigenvalue weighted by atomic mass is 16.2. The predicted molar refractivity (Wildman–Crippen MR) is 119 cm³/mol. The summed E-state index contributed by atoms with van der Waals surface area (Å²) >= 11 is 0. The zero-order valence-corrected chi connectivity index (χ0v) is 17.5. The summed E-state index contributed by atoms with van der Waals surface area (Å²) in [5.41, 5.74) is 3.53. The Hall–Kier alpha value is -3.34. The molecule has 3 aromatic rings. The average Bonchev–Trinajstić information content (AvgIpc) is 3.22. The Labute approximate surface area is 177 Å². The highest BCUT2D eigenvalue weighted by Gasteiger charge is 2.38. The van der Waals surface area contributed by atoms with E-state index in [-0.39, 0.29) is 17.4 Å². The van der Waals surface area contributed by atoms with Crippen molar-refractivity contribution in [3.63, 3.8) is 0 Å². The number of fused-ring (bicyclic) bond motifs is 1. The van der Waals surface area contributed by atoms with Gasteiger partial charge >= 0.3 is 0 Å². The lowest BCUT2D eigenvalue weighted by Crippen LogP contribution is -2.38. The predicted octanol–water partition coefficient (Wildman–Crippen LogP) is 4.28. The summed E-state index contributed by atoms with van der Waals surface area (Å²) in [6.45, 7) is 3.47. The van der Waals surface area contributed by atoms with E-state index in [1.807, 2.05) is 24.3 Å². The van der Waals surface area contributed by atoms with Gasteiger partial charge in [-0.15, -0.1) is 0 Å². The van der Waals surface area contributed by atoms with Crippen LogP contribution in [0.2, 0.25) is 0 Å². The van der Waals surface area contributed by atoms with Crippen molar-refractivity contribution >= 4 is 28.8 Å². The van der Waals surface area contributed by atoms with Crippen molar-refractivity contribution in [3.8, 4) is 0 Å². The van der Waals surface area contributed by atoms with Gasteiger partial charge in [-0.2, -0.15) is 0 Å². The van der Waals surface area contributed by atoms with Crippen molar-refractivity contribution in [1.29, 1.82) is 0 Å². The third kappa shape index (κ3) is 3.75. The Balaban J connectivity index is 1.66. The molecule has 5 heteroatoms. The van der Waals surface area contributed by atoms with E-state index in [9.17, 15) is 9.59 Å². The molecular formula is C25H27N3O2. The van der Waals surface area contributed by atoms with Crippen LogP contribution in [-0.2, 0) is 22.6 Å². The largest absolute Gasteiger partial charge is 0.347 e. The van der Waals surface area contributed by atoms with Gasteiger partial charge in [0.25, 0.3) is 11.8 Å². The fourth-order valence-electron chi connectivity index (χ4n) is 3.96. The molecule has 1 aliphatic heterocycles. The molecule has 0 unspecified atom stereocenters. The maximum absolute atomic E-state index is 12.9. The third-order valence-electron chi connectivity index (χ3n) is 5.68. The number of aromatic nitrogens is 1. The van der Waals surface area contributed by atoms with Crippen LogP contribution in [0.3, 0.4) is 0 Å². The lowest BCUT2D eigenvalue weighted by molar-refractivity contribution is -0.143. The molecule has 2 aromatic carbocycles. The van der Waals surface area contributed by atoms with E-state index in [0.717, 1.165) is 42.3 Å². The molecule has 0 bridgehead atoms. The quantitative estimate of drug-likeness (QED) is 0.438. The van der Waals surface area contributed by atoms with Crippen LogP contribution >= 0.6 is 0 Å². The smallest absolute Gasteiger partial charge is 0.278 e. The Kier molecular flexibility index (Phi) is 5.70. The molecular weight excluding hydrogens is 374 g/mol. The lowest BCUT2D eigenvalue weighted by atomic mass is 10.1. The highest BCUT2D eigenvalue weighted by molar-refractivity contribution is 6.25. The number of aryl methyl sites for hydroxylation is 2. The molecule has 2 amide bonds. The van der Waals surface area contributed by atoms with E-state index in [0.29, 0.717) is 6.54 Å². The SMILES string of the molecule is CCCCN1C(=O)C(=Cc2cn(CCc3ccccc3)c3ccccc23)C(=O)N1C. The molecule has 0 saturated carbocycles. The van der Waals surface area contributed by atoms with Gasteiger partial charge in [-0.25, -0.2) is 5.01 Å². The second kappa shape index (κ2) is 8.57. The summed E-state index contributed by atoms with van der Waals surface area (Å²) in [5.74, 6) is -0.450. The first-order chi connectivity index (χ1) is 14.6. The van der Waals surface area contributed by atoms with Crippen LogP contribution in [0.25, 0.3) is 17.0 Å². The van der Waals surface area contributed by atoms with Gasteiger partial charge in [0.05, 0.1) is 0 Å². The molecule has 5 nitrogen and oxygen atoms in total. The maximum atomic E-state index is 12.9. The second-order valence-corrected chi connectivity index (χ2v) is 7.70. The van der Waals surface area contributed by atoms with E-state index in [1.165, 1.54) is 10.6 Å². The van der Waals surface area contributed by atoms with Crippen molar-refractivity contribution in [1.82, 2.24) is 14.6 Å². The maximum Gasteiger partial charge on any atom is 0.278 e. The lowest BCUT2D eigenvalue weighted by Gasteiger charge is -2.22. The molecule has 1 saturated heterocycles. The summed E-state index contributed by atoms with van der Waals surface area (Å²) in [6, 6.07) is 18.5. The van der Waals surface area contributed by atoms with Crippen molar-refractivity contribution in [2.75, 3.05) is 13.6 Å². The first kappa shape index (κ1) is 20.0. The number of hydrogen-bond donors (Lipinski definition) is 0. The number of likely N-dealkylation sites (N-methyl/N-ethyl adjacent to an activating group) is 1. The summed E-state index contributed by atoms with van der Waals surface area (Å²) < 4.78 is 2.21. The molecule has 1 aromatic heterocycles. The van der Waals surface area contributed by atoms with Gasteiger partial charge < -0.3 is 4.57 Å². The first-order valence-electron chi connectivity index (χ1n) is 10.5. The molecule has 0 atom stereocenters. The Morgan fingerprint density at radius 2 is 1.63 bits per heavy atom. The molecule has 0 aliphatic carbocycles. The van der Waals surface area contributed by atoms with Crippen molar-refractivity contribution in [3.05, 3.63) is 77.5 Å². The number of benzene rings is 2. The Morgan fingerprint density at radius 3 is 2.40 bits per heavy atom. The summed E-state index contributed by atoms with van der Waals surface area (Å²) in [7, 11) is 1.67. The van der Waals surface area contributed by atoms with E-state index in [4.69, 9.17) is 0 Å². The number of carbonyl (C=O) groups is 2. The summed E-state index contributed by atoms with van der Waals surface area (Å²) in [6.07, 6.45) is 6.57. The van der Waals surface area contributed by atoms with E-state index >= 15 is 0 Å². The summed E-state index contributed by atoms with van der Waals surface area (Å²) in [5, 5.41) is 4.04. The number of amides is 2. The molecule has 0 N–H and O–H groups in total. The number of para-hydroxylation sites is 1. The fraction of sp³-hybridized carbons (Fsp3) is 0.280. The standard InChI is InChI=1S/C25H27N3O2/c1-3-4-15-28-25(30)22(24(29)26(28)2)17-20-18-27(23-13-9-8-12-21(20)23)16-14-19-10-6-5-7-11-19/h5-13,17-18H,3-4,14-16H2,1-2H3. The van der Waals surface area contributed by atoms with Gasteiger partial charge in [0.2, 0.25) is 0 Å². The normalized spacial score (nSPS) is 15.7. The zero-order valence-electron chi connectivity index (χ0n) is 17.5. The number of carbonyl (C=O) groups excluding carboxylic acids is 2. The Bertz CT molecular complexity index is 1100. The number of nitrogens with zero attached hydrogens (tertiary/aromatic N) is 3. The molecule has 0 spiro atoms.